The van der Waals surface area contributed by atoms with Crippen molar-refractivity contribution in [3.63, 3.8) is 0 Å². The molecule has 2 aromatic carbocycles. The lowest BCUT2D eigenvalue weighted by Gasteiger charge is -2.27. The zero-order chi connectivity index (χ0) is 20.8. The van der Waals surface area contributed by atoms with Gasteiger partial charge in [-0.05, 0) is 49.1 Å². The second-order valence-corrected chi connectivity index (χ2v) is 7.48. The number of benzene rings is 2. The maximum absolute atomic E-state index is 12.8. The Morgan fingerprint density at radius 2 is 1.93 bits per heavy atom. The van der Waals surface area contributed by atoms with Gasteiger partial charge in [-0.25, -0.2) is 4.79 Å². The van der Waals surface area contributed by atoms with Gasteiger partial charge in [0.25, 0.3) is 5.91 Å². The van der Waals surface area contributed by atoms with Gasteiger partial charge in [-0.1, -0.05) is 24.3 Å². The molecule has 0 fully saturated rings. The van der Waals surface area contributed by atoms with Crippen LogP contribution in [0.3, 0.4) is 0 Å². The van der Waals surface area contributed by atoms with Crippen molar-refractivity contribution in [2.75, 3.05) is 23.1 Å². The van der Waals surface area contributed by atoms with Gasteiger partial charge in [-0.3, -0.25) is 9.59 Å². The summed E-state index contributed by atoms with van der Waals surface area (Å²) in [7, 11) is 0. The van der Waals surface area contributed by atoms with Crippen LogP contribution in [0.25, 0.3) is 6.08 Å². The molecule has 1 aliphatic heterocycles. The van der Waals surface area contributed by atoms with Gasteiger partial charge >= 0.3 is 5.97 Å². The SMILES string of the molecule is CSc1ccc(/C=C/C(=O)OCC(=O)N2c3ccccc3NC(=O)C[C@@H]2C)cc1. The molecule has 1 heterocycles. The molecule has 0 spiro atoms. The highest BCUT2D eigenvalue weighted by molar-refractivity contribution is 7.98. The quantitative estimate of drug-likeness (QED) is 0.462. The summed E-state index contributed by atoms with van der Waals surface area (Å²) >= 11 is 1.64. The van der Waals surface area contributed by atoms with E-state index in [2.05, 4.69) is 5.32 Å². The van der Waals surface area contributed by atoms with Crippen molar-refractivity contribution in [2.24, 2.45) is 0 Å². The van der Waals surface area contributed by atoms with Crippen LogP contribution in [-0.2, 0) is 19.1 Å². The van der Waals surface area contributed by atoms with Gasteiger partial charge in [0.1, 0.15) is 0 Å². The number of ether oxygens (including phenoxy) is 1. The van der Waals surface area contributed by atoms with Gasteiger partial charge < -0.3 is 15.0 Å². The Hall–Kier alpha value is -3.06. The Balaban J connectivity index is 1.64. The Kier molecular flexibility index (Phi) is 6.72. The van der Waals surface area contributed by atoms with Crippen molar-refractivity contribution >= 4 is 47.0 Å². The van der Waals surface area contributed by atoms with Gasteiger partial charge in [0.05, 0.1) is 11.4 Å². The van der Waals surface area contributed by atoms with Crippen molar-refractivity contribution in [1.82, 2.24) is 0 Å². The number of fused-ring (bicyclic) bond motifs is 1. The summed E-state index contributed by atoms with van der Waals surface area (Å²) < 4.78 is 5.13. The fourth-order valence-corrected chi connectivity index (χ4v) is 3.51. The maximum atomic E-state index is 12.8. The molecule has 3 rings (SSSR count). The molecule has 0 aliphatic carbocycles. The number of carbonyl (C=O) groups excluding carboxylic acids is 3. The van der Waals surface area contributed by atoms with Gasteiger partial charge in [-0.2, -0.15) is 0 Å². The number of nitrogens with zero attached hydrogens (tertiary/aromatic N) is 1. The lowest BCUT2D eigenvalue weighted by molar-refractivity contribution is -0.143. The molecular weight excluding hydrogens is 388 g/mol. The largest absolute Gasteiger partial charge is 0.452 e. The standard InChI is InChI=1S/C22H22N2O4S/c1-15-13-20(25)23-18-5-3-4-6-19(18)24(15)21(26)14-28-22(27)12-9-16-7-10-17(29-2)11-8-16/h3-12,15H,13-14H2,1-2H3,(H,23,25)/b12-9+/t15-/m0/s1. The zero-order valence-corrected chi connectivity index (χ0v) is 17.1. The molecule has 1 N–H and O–H groups in total. The lowest BCUT2D eigenvalue weighted by Crippen LogP contribution is -2.41. The first kappa shape index (κ1) is 20.7. The summed E-state index contributed by atoms with van der Waals surface area (Å²) in [6.07, 6.45) is 5.10. The molecule has 150 valence electrons. The minimum atomic E-state index is -0.600. The minimum absolute atomic E-state index is 0.160. The van der Waals surface area contributed by atoms with Crippen molar-refractivity contribution in [3.8, 4) is 0 Å². The maximum Gasteiger partial charge on any atom is 0.331 e. The minimum Gasteiger partial charge on any atom is -0.452 e. The number of anilines is 2. The third-order valence-electron chi connectivity index (χ3n) is 4.49. The number of hydrogen-bond acceptors (Lipinski definition) is 5. The van der Waals surface area contributed by atoms with Gasteiger partial charge in [0, 0.05) is 23.4 Å². The van der Waals surface area contributed by atoms with Crippen LogP contribution in [0.4, 0.5) is 11.4 Å². The van der Waals surface area contributed by atoms with E-state index in [1.54, 1.807) is 49.0 Å². The zero-order valence-electron chi connectivity index (χ0n) is 16.3. The molecule has 7 heteroatoms. The molecule has 0 saturated heterocycles. The first-order chi connectivity index (χ1) is 14.0. The summed E-state index contributed by atoms with van der Waals surface area (Å²) in [5.41, 5.74) is 2.03. The van der Waals surface area contributed by atoms with Crippen LogP contribution in [0, 0.1) is 0 Å². The van der Waals surface area contributed by atoms with Crippen molar-refractivity contribution in [2.45, 2.75) is 24.3 Å². The third kappa shape index (κ3) is 5.26. The predicted molar refractivity (Wildman–Crippen MR) is 115 cm³/mol. The van der Waals surface area contributed by atoms with E-state index in [9.17, 15) is 14.4 Å². The van der Waals surface area contributed by atoms with Crippen LogP contribution >= 0.6 is 11.8 Å². The molecule has 6 nitrogen and oxygen atoms in total. The van der Waals surface area contributed by atoms with E-state index in [4.69, 9.17) is 4.74 Å². The highest BCUT2D eigenvalue weighted by Crippen LogP contribution is 2.31. The number of para-hydroxylation sites is 2. The Bertz CT molecular complexity index is 940. The van der Waals surface area contributed by atoms with E-state index < -0.39 is 12.6 Å². The number of carbonyl (C=O) groups is 3. The van der Waals surface area contributed by atoms with Gasteiger partial charge in [-0.15, -0.1) is 11.8 Å². The molecule has 0 aromatic heterocycles. The van der Waals surface area contributed by atoms with E-state index in [0.29, 0.717) is 11.4 Å². The topological polar surface area (TPSA) is 75.7 Å². The van der Waals surface area contributed by atoms with Crippen LogP contribution in [0.1, 0.15) is 18.9 Å². The molecular formula is C22H22N2O4S. The lowest BCUT2D eigenvalue weighted by atomic mass is 10.1. The Morgan fingerprint density at radius 1 is 1.21 bits per heavy atom. The molecule has 1 atom stereocenters. The van der Waals surface area contributed by atoms with Crippen LogP contribution in [0.2, 0.25) is 0 Å². The van der Waals surface area contributed by atoms with E-state index in [1.165, 1.54) is 11.0 Å². The summed E-state index contributed by atoms with van der Waals surface area (Å²) in [5.74, 6) is -1.14. The van der Waals surface area contributed by atoms with Crippen LogP contribution in [0.15, 0.2) is 59.5 Å². The van der Waals surface area contributed by atoms with Crippen LogP contribution in [-0.4, -0.2) is 36.7 Å². The van der Waals surface area contributed by atoms with Crippen molar-refractivity contribution in [1.29, 1.82) is 0 Å². The second-order valence-electron chi connectivity index (χ2n) is 6.60. The first-order valence-electron chi connectivity index (χ1n) is 9.18. The van der Waals surface area contributed by atoms with Crippen LogP contribution in [0.5, 0.6) is 0 Å². The normalized spacial score (nSPS) is 16.1. The second kappa shape index (κ2) is 9.43. The summed E-state index contributed by atoms with van der Waals surface area (Å²) in [6, 6.07) is 14.5. The summed E-state index contributed by atoms with van der Waals surface area (Å²) in [6.45, 7) is 1.39. The Morgan fingerprint density at radius 3 is 2.66 bits per heavy atom. The number of amides is 2. The number of thioether (sulfide) groups is 1. The average molecular weight is 410 g/mol. The average Bonchev–Trinajstić information content (AvgIpc) is 2.85. The molecule has 0 unspecified atom stereocenters. The number of nitrogens with one attached hydrogen (secondary N) is 1. The molecule has 29 heavy (non-hydrogen) atoms. The molecule has 2 amide bonds. The van der Waals surface area contributed by atoms with Gasteiger partial charge in [0.15, 0.2) is 6.61 Å². The molecule has 2 aromatic rings. The third-order valence-corrected chi connectivity index (χ3v) is 5.24. The molecule has 1 aliphatic rings. The van der Waals surface area contributed by atoms with E-state index in [1.807, 2.05) is 30.5 Å². The fraction of sp³-hybridized carbons (Fsp3) is 0.227. The van der Waals surface area contributed by atoms with E-state index in [0.717, 1.165) is 10.5 Å². The molecule has 0 radical (unpaired) electrons. The smallest absolute Gasteiger partial charge is 0.331 e. The highest BCUT2D eigenvalue weighted by Gasteiger charge is 2.29. The highest BCUT2D eigenvalue weighted by atomic mass is 32.2. The van der Waals surface area contributed by atoms with E-state index in [-0.39, 0.29) is 24.3 Å². The number of esters is 1. The molecule has 0 bridgehead atoms. The number of rotatable bonds is 5. The predicted octanol–water partition coefficient (Wildman–Crippen LogP) is 3.73. The first-order valence-corrected chi connectivity index (χ1v) is 10.4. The van der Waals surface area contributed by atoms with Gasteiger partial charge in [0.2, 0.25) is 5.91 Å². The number of hydrogen-bond donors (Lipinski definition) is 1. The molecule has 0 saturated carbocycles. The summed E-state index contributed by atoms with van der Waals surface area (Å²) in [4.78, 5) is 39.4. The monoisotopic (exact) mass is 410 g/mol. The summed E-state index contributed by atoms with van der Waals surface area (Å²) in [5, 5.41) is 2.80. The van der Waals surface area contributed by atoms with E-state index >= 15 is 0 Å². The fourth-order valence-electron chi connectivity index (χ4n) is 3.10. The van der Waals surface area contributed by atoms with Crippen LogP contribution < -0.4 is 10.2 Å². The Labute approximate surface area is 173 Å². The van der Waals surface area contributed by atoms with Crippen molar-refractivity contribution in [3.05, 3.63) is 60.2 Å². The van der Waals surface area contributed by atoms with Crippen molar-refractivity contribution < 1.29 is 19.1 Å².